The number of hydrogen-bond donors (Lipinski definition) is 0. The lowest BCUT2D eigenvalue weighted by Gasteiger charge is -2.28. The van der Waals surface area contributed by atoms with Gasteiger partial charge in [-0.2, -0.15) is 0 Å². The van der Waals surface area contributed by atoms with E-state index in [4.69, 9.17) is 4.74 Å². The highest BCUT2D eigenvalue weighted by Gasteiger charge is 2.29. The van der Waals surface area contributed by atoms with E-state index in [1.165, 1.54) is 10.4 Å². The summed E-state index contributed by atoms with van der Waals surface area (Å²) in [6.07, 6.45) is 1.70. The maximum Gasteiger partial charge on any atom is 0.330 e. The van der Waals surface area contributed by atoms with Crippen LogP contribution in [0.5, 0.6) is 0 Å². The third kappa shape index (κ3) is 4.61. The molecule has 0 atom stereocenters. The molecule has 1 rings (SSSR count). The Morgan fingerprint density at radius 1 is 1.25 bits per heavy atom. The van der Waals surface area contributed by atoms with Crippen molar-refractivity contribution in [3.05, 3.63) is 41.6 Å². The molecule has 0 amide bonds. The number of nitrogens with zero attached hydrogens (tertiary/aromatic N) is 1. The van der Waals surface area contributed by atoms with Crippen molar-refractivity contribution in [2.75, 3.05) is 27.2 Å². The van der Waals surface area contributed by atoms with Crippen LogP contribution in [0.3, 0.4) is 0 Å². The van der Waals surface area contributed by atoms with Crippen molar-refractivity contribution in [2.45, 2.75) is 20.0 Å². The van der Waals surface area contributed by atoms with Crippen LogP contribution >= 0.6 is 0 Å². The second-order valence-corrected chi connectivity index (χ2v) is 10.1. The Kier molecular flexibility index (Phi) is 6.17. The van der Waals surface area contributed by atoms with E-state index in [1.807, 2.05) is 27.1 Å². The van der Waals surface area contributed by atoms with Crippen molar-refractivity contribution >= 4 is 19.2 Å². The van der Waals surface area contributed by atoms with Gasteiger partial charge in [0.05, 0.1) is 6.61 Å². The first kappa shape index (κ1) is 16.7. The van der Waals surface area contributed by atoms with E-state index in [2.05, 4.69) is 42.3 Å². The highest BCUT2D eigenvalue weighted by molar-refractivity contribution is 6.95. The maximum absolute atomic E-state index is 11.8. The molecule has 0 fully saturated rings. The molecule has 0 aliphatic carbocycles. The molecule has 20 heavy (non-hydrogen) atoms. The van der Waals surface area contributed by atoms with Gasteiger partial charge in [-0.05, 0) is 21.0 Å². The monoisotopic (exact) mass is 291 g/mol. The Morgan fingerprint density at radius 2 is 1.85 bits per heavy atom. The molecular weight excluding hydrogens is 266 g/mol. The Labute approximate surface area is 123 Å². The van der Waals surface area contributed by atoms with E-state index < -0.39 is 8.07 Å². The molecule has 110 valence electrons. The Hall–Kier alpha value is -1.39. The van der Waals surface area contributed by atoms with Gasteiger partial charge in [0, 0.05) is 12.6 Å². The van der Waals surface area contributed by atoms with Crippen LogP contribution in [0.25, 0.3) is 0 Å². The highest BCUT2D eigenvalue weighted by Crippen LogP contribution is 2.16. The van der Waals surface area contributed by atoms with Crippen molar-refractivity contribution in [2.24, 2.45) is 0 Å². The number of carbonyl (C=O) groups excluding carboxylic acids is 1. The second kappa shape index (κ2) is 7.41. The van der Waals surface area contributed by atoms with Crippen LogP contribution in [0.2, 0.25) is 13.1 Å². The van der Waals surface area contributed by atoms with Crippen molar-refractivity contribution in [1.82, 2.24) is 4.90 Å². The van der Waals surface area contributed by atoms with E-state index in [9.17, 15) is 4.79 Å². The fourth-order valence-corrected chi connectivity index (χ4v) is 4.72. The summed E-state index contributed by atoms with van der Waals surface area (Å²) in [7, 11) is 2.20. The zero-order chi connectivity index (χ0) is 15.2. The van der Waals surface area contributed by atoms with Gasteiger partial charge in [0.15, 0.2) is 0 Å². The fraction of sp³-hybridized carbons (Fsp3) is 0.438. The predicted molar refractivity (Wildman–Crippen MR) is 86.8 cm³/mol. The minimum Gasteiger partial charge on any atom is -0.463 e. The molecule has 3 nitrogen and oxygen atoms in total. The molecular formula is C16H25NO2Si. The third-order valence-electron chi connectivity index (χ3n) is 3.36. The zero-order valence-electron chi connectivity index (χ0n) is 13.1. The summed E-state index contributed by atoms with van der Waals surface area (Å²) < 4.78 is 5.07. The first-order chi connectivity index (χ1) is 9.37. The number of carbonyl (C=O) groups is 1. The first-order valence-electron chi connectivity index (χ1n) is 6.96. The van der Waals surface area contributed by atoms with Crippen molar-refractivity contribution in [3.63, 3.8) is 0 Å². The predicted octanol–water partition coefficient (Wildman–Crippen LogP) is 2.19. The van der Waals surface area contributed by atoms with Gasteiger partial charge in [-0.15, -0.1) is 0 Å². The molecule has 0 unspecified atom stereocenters. The lowest BCUT2D eigenvalue weighted by atomic mass is 10.4. The molecule has 0 heterocycles. The van der Waals surface area contributed by atoms with Gasteiger partial charge in [0.1, 0.15) is 8.07 Å². The van der Waals surface area contributed by atoms with Crippen LogP contribution in [-0.4, -0.2) is 46.2 Å². The molecule has 0 aliphatic rings. The molecule has 0 N–H and O–H groups in total. The minimum atomic E-state index is -1.84. The minimum absolute atomic E-state index is 0.235. The van der Waals surface area contributed by atoms with Gasteiger partial charge >= 0.3 is 5.97 Å². The Morgan fingerprint density at radius 3 is 2.35 bits per heavy atom. The number of ether oxygens (including phenoxy) is 1. The Balaban J connectivity index is 3.12. The van der Waals surface area contributed by atoms with Crippen LogP contribution in [-0.2, 0) is 9.53 Å². The molecule has 4 heteroatoms. The van der Waals surface area contributed by atoms with Gasteiger partial charge in [-0.3, -0.25) is 0 Å². The topological polar surface area (TPSA) is 29.5 Å². The molecule has 0 spiro atoms. The molecule has 0 aliphatic heterocycles. The van der Waals surface area contributed by atoms with E-state index in [-0.39, 0.29) is 5.97 Å². The van der Waals surface area contributed by atoms with Gasteiger partial charge in [-0.25, -0.2) is 4.79 Å². The van der Waals surface area contributed by atoms with E-state index in [1.54, 1.807) is 6.08 Å². The first-order valence-corrected chi connectivity index (χ1v) is 9.96. The number of benzene rings is 1. The molecule has 0 radical (unpaired) electrons. The quantitative estimate of drug-likeness (QED) is 0.457. The summed E-state index contributed by atoms with van der Waals surface area (Å²) in [5, 5.41) is 2.52. The largest absolute Gasteiger partial charge is 0.463 e. The summed E-state index contributed by atoms with van der Waals surface area (Å²) in [4.78, 5) is 13.9. The average Bonchev–Trinajstić information content (AvgIpc) is 2.38. The zero-order valence-corrected chi connectivity index (χ0v) is 14.1. The lowest BCUT2D eigenvalue weighted by Crippen LogP contribution is -2.46. The maximum atomic E-state index is 11.8. The third-order valence-corrected chi connectivity index (χ3v) is 7.05. The van der Waals surface area contributed by atoms with Crippen LogP contribution in [0.1, 0.15) is 6.92 Å². The van der Waals surface area contributed by atoms with Crippen molar-refractivity contribution < 1.29 is 9.53 Å². The number of hydrogen-bond acceptors (Lipinski definition) is 3. The number of esters is 1. The summed E-state index contributed by atoms with van der Waals surface area (Å²) >= 11 is 0. The fourth-order valence-electron chi connectivity index (χ4n) is 2.13. The van der Waals surface area contributed by atoms with E-state index >= 15 is 0 Å². The van der Waals surface area contributed by atoms with Crippen LogP contribution in [0.4, 0.5) is 0 Å². The van der Waals surface area contributed by atoms with Crippen LogP contribution in [0, 0.1) is 0 Å². The molecule has 0 saturated carbocycles. The van der Waals surface area contributed by atoms with Crippen molar-refractivity contribution in [1.29, 1.82) is 0 Å². The molecule has 0 saturated heterocycles. The average molecular weight is 291 g/mol. The number of rotatable bonds is 6. The SMILES string of the molecule is CCOC(=O)/C=C(\CN(C)C)[Si](C)(C)c1ccccc1. The molecule has 0 aromatic heterocycles. The summed E-state index contributed by atoms with van der Waals surface area (Å²) in [6.45, 7) is 7.58. The summed E-state index contributed by atoms with van der Waals surface area (Å²) in [5.74, 6) is -0.235. The van der Waals surface area contributed by atoms with E-state index in [0.717, 1.165) is 6.54 Å². The van der Waals surface area contributed by atoms with Gasteiger partial charge < -0.3 is 9.64 Å². The number of likely N-dealkylation sites (N-methyl/N-ethyl adjacent to an activating group) is 1. The molecule has 0 bridgehead atoms. The van der Waals surface area contributed by atoms with Gasteiger partial charge in [0.25, 0.3) is 0 Å². The van der Waals surface area contributed by atoms with Crippen LogP contribution < -0.4 is 5.19 Å². The molecule has 1 aromatic rings. The highest BCUT2D eigenvalue weighted by atomic mass is 28.3. The smallest absolute Gasteiger partial charge is 0.330 e. The van der Waals surface area contributed by atoms with Gasteiger partial charge in [-0.1, -0.05) is 53.8 Å². The lowest BCUT2D eigenvalue weighted by molar-refractivity contribution is -0.137. The van der Waals surface area contributed by atoms with Gasteiger partial charge in [0.2, 0.25) is 0 Å². The summed E-state index contributed by atoms with van der Waals surface area (Å²) in [5.41, 5.74) is 0. The Bertz CT molecular complexity index is 467. The van der Waals surface area contributed by atoms with E-state index in [0.29, 0.717) is 6.61 Å². The van der Waals surface area contributed by atoms with Crippen molar-refractivity contribution in [3.8, 4) is 0 Å². The second-order valence-electron chi connectivity index (χ2n) is 5.65. The van der Waals surface area contributed by atoms with Crippen LogP contribution in [0.15, 0.2) is 41.6 Å². The molecule has 1 aromatic carbocycles. The standard InChI is InChI=1S/C16H25NO2Si/c1-6-19-16(18)12-15(13-17(2)3)20(4,5)14-10-8-7-9-11-14/h7-12H,6,13H2,1-5H3/b15-12+. The summed E-state index contributed by atoms with van der Waals surface area (Å²) in [6, 6.07) is 10.4. The normalized spacial score (nSPS) is 12.6.